The summed E-state index contributed by atoms with van der Waals surface area (Å²) in [6.07, 6.45) is -15.4. The second-order valence-electron chi connectivity index (χ2n) is 7.68. The number of aromatic amines is 1. The Kier molecular flexibility index (Phi) is 9.05. The van der Waals surface area contributed by atoms with E-state index in [1.54, 1.807) is 0 Å². The Balaban J connectivity index is 1.61. The maximum absolute atomic E-state index is 12.2. The number of phosphoric acid groups is 2. The van der Waals surface area contributed by atoms with Crippen molar-refractivity contribution in [3.05, 3.63) is 33.1 Å². The van der Waals surface area contributed by atoms with Crippen LogP contribution in [0.4, 0.5) is 0 Å². The molecule has 2 aliphatic heterocycles. The van der Waals surface area contributed by atoms with Gasteiger partial charge in [-0.1, -0.05) is 0 Å². The van der Waals surface area contributed by atoms with Crippen molar-refractivity contribution in [3.63, 3.8) is 0 Å². The van der Waals surface area contributed by atoms with Crippen molar-refractivity contribution in [1.29, 1.82) is 0 Å². The second kappa shape index (κ2) is 11.2. The molecule has 3 heterocycles. The molecule has 19 nitrogen and oxygen atoms in total. The van der Waals surface area contributed by atoms with E-state index in [4.69, 9.17) is 14.6 Å². The first-order valence-electron chi connectivity index (χ1n) is 9.99. The van der Waals surface area contributed by atoms with E-state index in [9.17, 15) is 54.0 Å². The van der Waals surface area contributed by atoms with Gasteiger partial charge in [0.15, 0.2) is 12.5 Å². The molecule has 1 aromatic rings. The highest BCUT2D eigenvalue weighted by atomic mass is 31.3. The van der Waals surface area contributed by atoms with Gasteiger partial charge in [-0.05, 0) is 0 Å². The Labute approximate surface area is 199 Å². The van der Waals surface area contributed by atoms with Crippen molar-refractivity contribution in [3.8, 4) is 0 Å². The van der Waals surface area contributed by atoms with Gasteiger partial charge in [0, 0.05) is 12.3 Å². The first kappa shape index (κ1) is 29.2. The summed E-state index contributed by atoms with van der Waals surface area (Å²) in [5, 5.41) is 58.6. The summed E-state index contributed by atoms with van der Waals surface area (Å²) in [7, 11) is -11.1. The van der Waals surface area contributed by atoms with Crippen molar-refractivity contribution in [2.24, 2.45) is 0 Å². The van der Waals surface area contributed by atoms with Crippen LogP contribution in [0.2, 0.25) is 0 Å². The normalized spacial score (nSPS) is 38.4. The number of nitrogens with zero attached hydrogens (tertiary/aromatic N) is 1. The van der Waals surface area contributed by atoms with E-state index in [1.165, 1.54) is 0 Å². The van der Waals surface area contributed by atoms with Crippen molar-refractivity contribution >= 4 is 15.6 Å². The first-order valence-corrected chi connectivity index (χ1v) is 13.0. The minimum absolute atomic E-state index is 0.723. The molecule has 2 unspecified atom stereocenters. The molecule has 0 radical (unpaired) electrons. The van der Waals surface area contributed by atoms with Crippen molar-refractivity contribution in [2.75, 3.05) is 13.2 Å². The van der Waals surface area contributed by atoms with Gasteiger partial charge in [0.2, 0.25) is 0 Å². The molecule has 36 heavy (non-hydrogen) atoms. The molecule has 0 spiro atoms. The maximum atomic E-state index is 12.2. The van der Waals surface area contributed by atoms with Crippen LogP contribution >= 0.6 is 15.6 Å². The van der Waals surface area contributed by atoms with Gasteiger partial charge in [0.25, 0.3) is 5.56 Å². The predicted molar refractivity (Wildman–Crippen MR) is 109 cm³/mol. The lowest BCUT2D eigenvalue weighted by Crippen LogP contribution is -2.58. The molecular formula is C15H24N2O17P2. The lowest BCUT2D eigenvalue weighted by Gasteiger charge is -2.39. The molecule has 0 bridgehead atoms. The zero-order valence-electron chi connectivity index (χ0n) is 17.9. The number of phosphoric ester groups is 2. The standard InChI is InChI=1S/C15H24N2O17P2/c18-3-5-8(20)10(22)12(24)14(32-5)33-36(28,29)34-35(26,27)30-4-6-9(21)11(23)13(31-6)17-2-1-7(19)16-15(17)25/h1-2,5-6,8-14,18,20-24H,3-4H2,(H,26,27)(H,28,29)(H,16,19,25)/t5-,6+,8-,9+,10+,11+,12+,13+,14-/m0/s1. The Bertz CT molecular complexity index is 1120. The Morgan fingerprint density at radius 2 is 1.56 bits per heavy atom. The van der Waals surface area contributed by atoms with E-state index in [0.717, 1.165) is 16.8 Å². The number of H-pyrrole nitrogens is 1. The van der Waals surface area contributed by atoms with E-state index < -0.39 is 95.4 Å². The summed E-state index contributed by atoms with van der Waals surface area (Å²) in [4.78, 5) is 44.5. The minimum atomic E-state index is -5.59. The van der Waals surface area contributed by atoms with Crippen LogP contribution in [0.3, 0.4) is 0 Å². The van der Waals surface area contributed by atoms with E-state index in [1.807, 2.05) is 4.98 Å². The van der Waals surface area contributed by atoms with Crippen molar-refractivity contribution < 1.29 is 72.4 Å². The summed E-state index contributed by atoms with van der Waals surface area (Å²) in [6.45, 7) is -1.93. The molecule has 0 aliphatic carbocycles. The smallest absolute Gasteiger partial charge is 0.394 e. The number of rotatable bonds is 9. The van der Waals surface area contributed by atoms with Crippen LogP contribution in [-0.4, -0.2) is 112 Å². The van der Waals surface area contributed by atoms with Crippen LogP contribution in [0.15, 0.2) is 21.9 Å². The second-order valence-corrected chi connectivity index (χ2v) is 10.7. The number of ether oxygens (including phenoxy) is 2. The van der Waals surface area contributed by atoms with Crippen LogP contribution in [0.5, 0.6) is 0 Å². The molecule has 206 valence electrons. The number of hydrogen-bond donors (Lipinski definition) is 9. The van der Waals surface area contributed by atoms with Gasteiger partial charge in [-0.3, -0.25) is 23.4 Å². The highest BCUT2D eigenvalue weighted by Gasteiger charge is 2.49. The maximum Gasteiger partial charge on any atom is 0.483 e. The largest absolute Gasteiger partial charge is 0.483 e. The third kappa shape index (κ3) is 6.54. The fourth-order valence-electron chi connectivity index (χ4n) is 3.35. The van der Waals surface area contributed by atoms with Gasteiger partial charge in [0.05, 0.1) is 13.2 Å². The zero-order valence-corrected chi connectivity index (χ0v) is 19.6. The monoisotopic (exact) mass is 566 g/mol. The summed E-state index contributed by atoms with van der Waals surface area (Å²) in [5.41, 5.74) is -1.75. The molecule has 0 aromatic carbocycles. The molecule has 2 saturated heterocycles. The first-order chi connectivity index (χ1) is 16.7. The van der Waals surface area contributed by atoms with Crippen LogP contribution in [0.25, 0.3) is 0 Å². The molecule has 2 fully saturated rings. The van der Waals surface area contributed by atoms with Crippen LogP contribution in [-0.2, 0) is 32.0 Å². The van der Waals surface area contributed by atoms with Crippen LogP contribution in [0, 0.1) is 0 Å². The SMILES string of the molecule is O=c1ccn([C@@H]2O[C@H](COP(=O)(O)OP(=O)(O)O[C@@H]3O[C@@H](CO)[C@H](O)[C@@H](O)[C@H]3O)[C@@H](O)[C@H]2O)c(=O)[nH]1. The fraction of sp³-hybridized carbons (Fsp3) is 0.733. The highest BCUT2D eigenvalue weighted by molar-refractivity contribution is 7.61. The third-order valence-corrected chi connectivity index (χ3v) is 7.76. The van der Waals surface area contributed by atoms with E-state index in [2.05, 4.69) is 13.4 Å². The number of aromatic nitrogens is 2. The molecule has 1 aromatic heterocycles. The Morgan fingerprint density at radius 3 is 2.17 bits per heavy atom. The number of aliphatic hydroxyl groups excluding tert-OH is 6. The van der Waals surface area contributed by atoms with Gasteiger partial charge >= 0.3 is 21.3 Å². The van der Waals surface area contributed by atoms with Gasteiger partial charge in [-0.2, -0.15) is 4.31 Å². The van der Waals surface area contributed by atoms with E-state index in [0.29, 0.717) is 0 Å². The van der Waals surface area contributed by atoms with Gasteiger partial charge in [-0.25, -0.2) is 13.9 Å². The van der Waals surface area contributed by atoms with Crippen LogP contribution < -0.4 is 11.2 Å². The summed E-state index contributed by atoms with van der Waals surface area (Å²) >= 11 is 0. The molecule has 2 aliphatic rings. The highest BCUT2D eigenvalue weighted by Crippen LogP contribution is 2.61. The Hall–Kier alpha value is -1.38. The molecular weight excluding hydrogens is 542 g/mol. The summed E-state index contributed by atoms with van der Waals surface area (Å²) in [6, 6.07) is 0.928. The number of hydrogen-bond acceptors (Lipinski definition) is 15. The minimum Gasteiger partial charge on any atom is -0.394 e. The molecule has 0 saturated carbocycles. The zero-order chi connectivity index (χ0) is 27.0. The van der Waals surface area contributed by atoms with Crippen LogP contribution in [0.1, 0.15) is 6.23 Å². The summed E-state index contributed by atoms with van der Waals surface area (Å²) < 4.78 is 48.1. The topological polar surface area (TPSA) is 297 Å². The average Bonchev–Trinajstić information content (AvgIpc) is 3.06. The molecule has 0 amide bonds. The number of nitrogens with one attached hydrogen (secondary N) is 1. The van der Waals surface area contributed by atoms with Gasteiger partial charge < -0.3 is 49.9 Å². The summed E-state index contributed by atoms with van der Waals surface area (Å²) in [5.74, 6) is 0. The lowest BCUT2D eigenvalue weighted by molar-refractivity contribution is -0.280. The fourth-order valence-corrected chi connectivity index (χ4v) is 5.51. The lowest BCUT2D eigenvalue weighted by atomic mass is 10.00. The molecule has 9 N–H and O–H groups in total. The average molecular weight is 566 g/mol. The molecule has 11 atom stereocenters. The van der Waals surface area contributed by atoms with Crippen molar-refractivity contribution in [2.45, 2.75) is 55.2 Å². The van der Waals surface area contributed by atoms with E-state index in [-0.39, 0.29) is 0 Å². The molecule has 3 rings (SSSR count). The number of aliphatic hydroxyl groups is 6. The van der Waals surface area contributed by atoms with Gasteiger partial charge in [-0.15, -0.1) is 0 Å². The predicted octanol–water partition coefficient (Wildman–Crippen LogP) is -4.79. The molecule has 21 heteroatoms. The quantitative estimate of drug-likeness (QED) is 0.127. The van der Waals surface area contributed by atoms with E-state index >= 15 is 0 Å². The third-order valence-electron chi connectivity index (χ3n) is 5.16. The Morgan fingerprint density at radius 1 is 0.917 bits per heavy atom. The van der Waals surface area contributed by atoms with Crippen molar-refractivity contribution in [1.82, 2.24) is 9.55 Å². The van der Waals surface area contributed by atoms with Gasteiger partial charge in [0.1, 0.15) is 42.7 Å².